The van der Waals surface area contributed by atoms with Crippen LogP contribution in [0.4, 0.5) is 0 Å². The summed E-state index contributed by atoms with van der Waals surface area (Å²) in [6, 6.07) is 18.8. The van der Waals surface area contributed by atoms with Crippen LogP contribution in [-0.4, -0.2) is 35.4 Å². The molecule has 1 aliphatic heterocycles. The number of fused-ring (bicyclic) bond motifs is 1. The van der Waals surface area contributed by atoms with Crippen molar-refractivity contribution in [3.8, 4) is 0 Å². The van der Waals surface area contributed by atoms with Crippen LogP contribution in [0, 0.1) is 0 Å². The van der Waals surface area contributed by atoms with Crippen molar-refractivity contribution < 1.29 is 4.79 Å². The molecule has 2 aromatic carbocycles. The molecule has 0 spiro atoms. The van der Waals surface area contributed by atoms with Crippen LogP contribution in [0.2, 0.25) is 0 Å². The van der Waals surface area contributed by atoms with Crippen molar-refractivity contribution in [3.63, 3.8) is 0 Å². The fraction of sp³-hybridized carbons (Fsp3) is 0.304. The Hall–Kier alpha value is -2.14. The molecule has 1 fully saturated rings. The van der Waals surface area contributed by atoms with Gasteiger partial charge in [-0.2, -0.15) is 0 Å². The van der Waals surface area contributed by atoms with E-state index in [9.17, 15) is 4.79 Å². The molecule has 6 heteroatoms. The highest BCUT2D eigenvalue weighted by Crippen LogP contribution is 2.25. The van der Waals surface area contributed by atoms with E-state index in [0.29, 0.717) is 6.42 Å². The number of carbonyl (C=O) groups is 1. The van der Waals surface area contributed by atoms with Crippen LogP contribution in [0.1, 0.15) is 29.7 Å². The lowest BCUT2D eigenvalue weighted by atomic mass is 9.99. The van der Waals surface area contributed by atoms with E-state index in [4.69, 9.17) is 0 Å². The molecule has 0 bridgehead atoms. The Morgan fingerprint density at radius 3 is 2.62 bits per heavy atom. The maximum Gasteiger partial charge on any atom is 0.227 e. The summed E-state index contributed by atoms with van der Waals surface area (Å²) >= 11 is 0. The first kappa shape index (κ1) is 23.1. The molecule has 1 atom stereocenters. The number of carbonyl (C=O) groups excluding carboxylic acids is 1. The van der Waals surface area contributed by atoms with Crippen LogP contribution >= 0.6 is 24.8 Å². The highest BCUT2D eigenvalue weighted by Gasteiger charge is 2.28. The number of nitrogens with one attached hydrogen (secondary N) is 1. The Balaban J connectivity index is 0.00000150. The number of halogens is 2. The van der Waals surface area contributed by atoms with Gasteiger partial charge in [0.1, 0.15) is 0 Å². The monoisotopic (exact) mass is 431 g/mol. The van der Waals surface area contributed by atoms with Crippen LogP contribution in [-0.2, 0) is 17.6 Å². The van der Waals surface area contributed by atoms with Crippen LogP contribution in [0.3, 0.4) is 0 Å². The van der Waals surface area contributed by atoms with E-state index in [0.717, 1.165) is 42.5 Å². The predicted octanol–water partition coefficient (Wildman–Crippen LogP) is 4.36. The van der Waals surface area contributed by atoms with Crippen LogP contribution in [0.15, 0.2) is 60.8 Å². The predicted molar refractivity (Wildman–Crippen MR) is 123 cm³/mol. The maximum atomic E-state index is 13.2. The zero-order valence-electron chi connectivity index (χ0n) is 16.5. The van der Waals surface area contributed by atoms with Crippen LogP contribution in [0.5, 0.6) is 0 Å². The molecule has 1 aliphatic rings. The average molecular weight is 432 g/mol. The second kappa shape index (κ2) is 10.6. The van der Waals surface area contributed by atoms with Gasteiger partial charge in [0.2, 0.25) is 5.91 Å². The van der Waals surface area contributed by atoms with E-state index in [2.05, 4.69) is 41.5 Å². The first-order valence-corrected chi connectivity index (χ1v) is 9.68. The highest BCUT2D eigenvalue weighted by molar-refractivity contribution is 5.88. The van der Waals surface area contributed by atoms with Gasteiger partial charge in [0.15, 0.2) is 0 Å². The highest BCUT2D eigenvalue weighted by atomic mass is 35.5. The Morgan fingerprint density at radius 2 is 1.86 bits per heavy atom. The minimum atomic E-state index is 0. The molecule has 0 radical (unpaired) electrons. The quantitative estimate of drug-likeness (QED) is 0.667. The van der Waals surface area contributed by atoms with E-state index in [-0.39, 0.29) is 36.8 Å². The van der Waals surface area contributed by atoms with Gasteiger partial charge in [-0.3, -0.25) is 9.78 Å². The molecule has 0 saturated carbocycles. The Bertz CT molecular complexity index is 941. The number of pyridine rings is 1. The summed E-state index contributed by atoms with van der Waals surface area (Å²) in [5, 5.41) is 4.51. The molecule has 154 valence electrons. The van der Waals surface area contributed by atoms with Gasteiger partial charge in [0.05, 0.1) is 18.0 Å². The van der Waals surface area contributed by atoms with Crippen molar-refractivity contribution in [2.24, 2.45) is 0 Å². The molecule has 1 aromatic heterocycles. The number of hydrogen-bond acceptors (Lipinski definition) is 3. The van der Waals surface area contributed by atoms with Gasteiger partial charge in [-0.05, 0) is 29.2 Å². The van der Waals surface area contributed by atoms with E-state index < -0.39 is 0 Å². The number of amides is 1. The third-order valence-electron chi connectivity index (χ3n) is 5.39. The Labute approximate surface area is 184 Å². The number of aryl methyl sites for hydroxylation is 1. The van der Waals surface area contributed by atoms with Gasteiger partial charge in [-0.1, -0.05) is 55.5 Å². The van der Waals surface area contributed by atoms with Gasteiger partial charge in [0, 0.05) is 31.2 Å². The topological polar surface area (TPSA) is 45.2 Å². The van der Waals surface area contributed by atoms with Gasteiger partial charge >= 0.3 is 0 Å². The van der Waals surface area contributed by atoms with Gasteiger partial charge < -0.3 is 10.2 Å². The molecule has 1 amide bonds. The minimum Gasteiger partial charge on any atom is -0.333 e. The number of piperazine rings is 1. The van der Waals surface area contributed by atoms with E-state index >= 15 is 0 Å². The molecule has 0 aliphatic carbocycles. The lowest BCUT2D eigenvalue weighted by Gasteiger charge is -2.37. The smallest absolute Gasteiger partial charge is 0.227 e. The van der Waals surface area contributed by atoms with Gasteiger partial charge in [-0.15, -0.1) is 24.8 Å². The molecule has 1 N–H and O–H groups in total. The van der Waals surface area contributed by atoms with Crippen molar-refractivity contribution >= 4 is 41.6 Å². The van der Waals surface area contributed by atoms with E-state index in [1.807, 2.05) is 35.2 Å². The summed E-state index contributed by atoms with van der Waals surface area (Å²) in [6.45, 7) is 4.52. The van der Waals surface area contributed by atoms with Gasteiger partial charge in [0.25, 0.3) is 0 Å². The number of aromatic nitrogens is 1. The molecule has 4 nitrogen and oxygen atoms in total. The average Bonchev–Trinajstić information content (AvgIpc) is 2.74. The number of hydrogen-bond donors (Lipinski definition) is 1. The maximum absolute atomic E-state index is 13.2. The summed E-state index contributed by atoms with van der Waals surface area (Å²) < 4.78 is 0. The molecular formula is C23H27Cl2N3O. The van der Waals surface area contributed by atoms with Crippen molar-refractivity contribution in [3.05, 3.63) is 77.5 Å². The zero-order valence-corrected chi connectivity index (χ0v) is 18.1. The van der Waals surface area contributed by atoms with E-state index in [1.54, 1.807) is 6.20 Å². The molecule has 1 saturated heterocycles. The summed E-state index contributed by atoms with van der Waals surface area (Å²) in [5.41, 5.74) is 4.44. The minimum absolute atomic E-state index is 0. The largest absolute Gasteiger partial charge is 0.333 e. The first-order chi connectivity index (χ1) is 13.3. The van der Waals surface area contributed by atoms with Crippen molar-refractivity contribution in [1.82, 2.24) is 15.2 Å². The lowest BCUT2D eigenvalue weighted by molar-refractivity contribution is -0.133. The van der Waals surface area contributed by atoms with Crippen molar-refractivity contribution in [2.45, 2.75) is 25.8 Å². The number of para-hydroxylation sites is 1. The Kier molecular flexibility index (Phi) is 8.45. The number of benzene rings is 2. The summed E-state index contributed by atoms with van der Waals surface area (Å²) in [6.07, 6.45) is 3.21. The standard InChI is InChI=1S/C23H25N3O.2ClH/c1-2-17-8-10-18(11-9-17)21-16-24-13-14-26(21)22(27)15-20-6-3-5-19-7-4-12-25-23(19)20;;/h3-12,21,24H,2,13-16H2,1H3;2*1H. The summed E-state index contributed by atoms with van der Waals surface area (Å²) in [7, 11) is 0. The second-order valence-corrected chi connectivity index (χ2v) is 7.07. The normalized spacial score (nSPS) is 16.0. The molecule has 4 rings (SSSR count). The number of nitrogens with zero attached hydrogens (tertiary/aromatic N) is 2. The summed E-state index contributed by atoms with van der Waals surface area (Å²) in [4.78, 5) is 19.7. The fourth-order valence-corrected chi connectivity index (χ4v) is 3.85. The SMILES string of the molecule is CCc1ccc(C2CNCCN2C(=O)Cc2cccc3cccnc23)cc1.Cl.Cl. The van der Waals surface area contributed by atoms with Crippen molar-refractivity contribution in [2.75, 3.05) is 19.6 Å². The van der Waals surface area contributed by atoms with Gasteiger partial charge in [-0.25, -0.2) is 0 Å². The molecule has 1 unspecified atom stereocenters. The van der Waals surface area contributed by atoms with Crippen LogP contribution in [0.25, 0.3) is 10.9 Å². The van der Waals surface area contributed by atoms with E-state index in [1.165, 1.54) is 11.1 Å². The summed E-state index contributed by atoms with van der Waals surface area (Å²) in [5.74, 6) is 0.166. The molecule has 2 heterocycles. The first-order valence-electron chi connectivity index (χ1n) is 9.68. The fourth-order valence-electron chi connectivity index (χ4n) is 3.85. The Morgan fingerprint density at radius 1 is 1.10 bits per heavy atom. The third-order valence-corrected chi connectivity index (χ3v) is 5.39. The molecular weight excluding hydrogens is 405 g/mol. The molecule has 3 aromatic rings. The molecule has 29 heavy (non-hydrogen) atoms. The lowest BCUT2D eigenvalue weighted by Crippen LogP contribution is -2.49. The zero-order chi connectivity index (χ0) is 18.6. The number of rotatable bonds is 4. The van der Waals surface area contributed by atoms with Crippen LogP contribution < -0.4 is 5.32 Å². The van der Waals surface area contributed by atoms with Crippen molar-refractivity contribution in [1.29, 1.82) is 0 Å². The third kappa shape index (κ3) is 5.08. The second-order valence-electron chi connectivity index (χ2n) is 7.07.